The number of hydrogen-bond donors (Lipinski definition) is 1. The fraction of sp³-hybridized carbons (Fsp3) is 0.500. The molecule has 0 spiro atoms. The van der Waals surface area contributed by atoms with Crippen molar-refractivity contribution < 1.29 is 22.7 Å². The highest BCUT2D eigenvalue weighted by molar-refractivity contribution is 5.43. The lowest BCUT2D eigenvalue weighted by molar-refractivity contribution is -0.0512. The van der Waals surface area contributed by atoms with Crippen molar-refractivity contribution in [2.75, 3.05) is 26.7 Å². The van der Waals surface area contributed by atoms with E-state index < -0.39 is 6.61 Å². The van der Waals surface area contributed by atoms with E-state index in [-0.39, 0.29) is 11.8 Å². The molecule has 1 aromatic heterocycles. The van der Waals surface area contributed by atoms with Crippen molar-refractivity contribution in [3.05, 3.63) is 47.4 Å². The molecule has 1 aromatic carbocycles. The van der Waals surface area contributed by atoms with Crippen LogP contribution in [0.2, 0.25) is 0 Å². The summed E-state index contributed by atoms with van der Waals surface area (Å²) < 4.78 is 40.6. The molecule has 2 heterocycles. The zero-order valence-electron chi connectivity index (χ0n) is 15.7. The van der Waals surface area contributed by atoms with Crippen LogP contribution in [0, 0.1) is 6.92 Å². The molecule has 1 saturated heterocycles. The minimum atomic E-state index is -2.89. The summed E-state index contributed by atoms with van der Waals surface area (Å²) in [6.45, 7) is 2.42. The Morgan fingerprint density at radius 2 is 1.93 bits per heavy atom. The van der Waals surface area contributed by atoms with Gasteiger partial charge >= 0.3 is 6.61 Å². The standard InChI is InChI=1S/C20H26F2N2O3/c1-14-5-7-17(26-14)16(24-9-3-4-10-24)13-23-12-15-6-8-18(25-2)19(11-15)27-20(21)22/h5-8,11,16,20,23H,3-4,9-10,12-13H2,1-2H3. The van der Waals surface area contributed by atoms with Crippen LogP contribution in [0.3, 0.4) is 0 Å². The quantitative estimate of drug-likeness (QED) is 0.709. The van der Waals surface area contributed by atoms with E-state index in [1.807, 2.05) is 25.1 Å². The van der Waals surface area contributed by atoms with Crippen LogP contribution in [0.15, 0.2) is 34.7 Å². The summed E-state index contributed by atoms with van der Waals surface area (Å²) in [6.07, 6.45) is 2.39. The molecule has 0 aliphatic carbocycles. The minimum Gasteiger partial charge on any atom is -0.493 e. The summed E-state index contributed by atoms with van der Waals surface area (Å²) in [6, 6.07) is 9.24. The Hall–Kier alpha value is -2.12. The smallest absolute Gasteiger partial charge is 0.387 e. The number of benzene rings is 1. The van der Waals surface area contributed by atoms with Crippen molar-refractivity contribution in [3.63, 3.8) is 0 Å². The number of ether oxygens (including phenoxy) is 2. The average Bonchev–Trinajstić information content (AvgIpc) is 3.30. The van der Waals surface area contributed by atoms with Gasteiger partial charge in [0.05, 0.1) is 13.2 Å². The molecule has 1 atom stereocenters. The lowest BCUT2D eigenvalue weighted by atomic mass is 10.1. The molecule has 27 heavy (non-hydrogen) atoms. The van der Waals surface area contributed by atoms with Crippen LogP contribution in [-0.4, -0.2) is 38.3 Å². The third kappa shape index (κ3) is 5.20. The summed E-state index contributed by atoms with van der Waals surface area (Å²) in [5, 5.41) is 3.42. The molecule has 1 unspecified atom stereocenters. The molecule has 0 radical (unpaired) electrons. The van der Waals surface area contributed by atoms with E-state index in [1.54, 1.807) is 12.1 Å². The molecule has 1 aliphatic rings. The Morgan fingerprint density at radius 3 is 2.56 bits per heavy atom. The Morgan fingerprint density at radius 1 is 1.15 bits per heavy atom. The number of nitrogens with zero attached hydrogens (tertiary/aromatic N) is 1. The van der Waals surface area contributed by atoms with Gasteiger partial charge in [0.15, 0.2) is 11.5 Å². The van der Waals surface area contributed by atoms with Gasteiger partial charge in [-0.15, -0.1) is 0 Å². The average molecular weight is 380 g/mol. The van der Waals surface area contributed by atoms with Crippen LogP contribution in [-0.2, 0) is 6.54 Å². The van der Waals surface area contributed by atoms with E-state index in [0.29, 0.717) is 18.8 Å². The molecule has 1 N–H and O–H groups in total. The summed E-state index contributed by atoms with van der Waals surface area (Å²) in [7, 11) is 1.43. The number of aryl methyl sites for hydroxylation is 1. The molecule has 0 amide bonds. The van der Waals surface area contributed by atoms with Gasteiger partial charge in [-0.3, -0.25) is 4.90 Å². The van der Waals surface area contributed by atoms with Crippen LogP contribution in [0.25, 0.3) is 0 Å². The van der Waals surface area contributed by atoms with Crippen LogP contribution >= 0.6 is 0 Å². The van der Waals surface area contributed by atoms with Gasteiger partial charge in [-0.1, -0.05) is 6.07 Å². The molecule has 3 rings (SSSR count). The van der Waals surface area contributed by atoms with Gasteiger partial charge in [0.2, 0.25) is 0 Å². The number of rotatable bonds is 9. The van der Waals surface area contributed by atoms with E-state index in [2.05, 4.69) is 15.0 Å². The van der Waals surface area contributed by atoms with Crippen molar-refractivity contribution in [2.24, 2.45) is 0 Å². The molecule has 7 heteroatoms. The summed E-state index contributed by atoms with van der Waals surface area (Å²) in [5.74, 6) is 2.20. The highest BCUT2D eigenvalue weighted by Crippen LogP contribution is 2.30. The van der Waals surface area contributed by atoms with E-state index >= 15 is 0 Å². The Bertz CT molecular complexity index is 730. The van der Waals surface area contributed by atoms with E-state index in [9.17, 15) is 8.78 Å². The first kappa shape index (κ1) is 19.6. The molecular weight excluding hydrogens is 354 g/mol. The van der Waals surface area contributed by atoms with Gasteiger partial charge in [-0.25, -0.2) is 0 Å². The van der Waals surface area contributed by atoms with Crippen molar-refractivity contribution >= 4 is 0 Å². The van der Waals surface area contributed by atoms with Gasteiger partial charge in [0.25, 0.3) is 0 Å². The van der Waals surface area contributed by atoms with Gasteiger partial charge in [-0.2, -0.15) is 8.78 Å². The van der Waals surface area contributed by atoms with Crippen LogP contribution in [0.5, 0.6) is 11.5 Å². The summed E-state index contributed by atoms with van der Waals surface area (Å²) in [4.78, 5) is 2.42. The predicted octanol–water partition coefficient (Wildman–Crippen LogP) is 4.12. The minimum absolute atomic E-state index is 0.0459. The second-order valence-electron chi connectivity index (χ2n) is 6.70. The molecule has 1 fully saturated rings. The van der Waals surface area contributed by atoms with Crippen molar-refractivity contribution in [3.8, 4) is 11.5 Å². The predicted molar refractivity (Wildman–Crippen MR) is 98.3 cm³/mol. The SMILES string of the molecule is COc1ccc(CNCC(c2ccc(C)o2)N2CCCC2)cc1OC(F)F. The fourth-order valence-corrected chi connectivity index (χ4v) is 3.47. The Kier molecular flexibility index (Phi) is 6.68. The number of likely N-dealkylation sites (tertiary alicyclic amines) is 1. The highest BCUT2D eigenvalue weighted by Gasteiger charge is 2.25. The highest BCUT2D eigenvalue weighted by atomic mass is 19.3. The maximum atomic E-state index is 12.6. The Balaban J connectivity index is 1.64. The molecule has 0 bridgehead atoms. The lowest BCUT2D eigenvalue weighted by Gasteiger charge is -2.26. The third-order valence-corrected chi connectivity index (χ3v) is 4.78. The van der Waals surface area contributed by atoms with Crippen LogP contribution < -0.4 is 14.8 Å². The van der Waals surface area contributed by atoms with E-state index in [4.69, 9.17) is 9.15 Å². The first-order chi connectivity index (χ1) is 13.1. The molecular formula is C20H26F2N2O3. The van der Waals surface area contributed by atoms with E-state index in [0.717, 1.165) is 30.2 Å². The van der Waals surface area contributed by atoms with Gasteiger partial charge < -0.3 is 19.2 Å². The Labute approximate surface area is 158 Å². The number of nitrogens with one attached hydrogen (secondary N) is 1. The number of halogens is 2. The third-order valence-electron chi connectivity index (χ3n) is 4.78. The number of alkyl halides is 2. The maximum absolute atomic E-state index is 12.6. The summed E-state index contributed by atoms with van der Waals surface area (Å²) >= 11 is 0. The second-order valence-corrected chi connectivity index (χ2v) is 6.70. The topological polar surface area (TPSA) is 46.9 Å². The molecule has 0 saturated carbocycles. The van der Waals surface area contributed by atoms with E-state index in [1.165, 1.54) is 20.0 Å². The van der Waals surface area contributed by atoms with Crippen molar-refractivity contribution in [2.45, 2.75) is 39.0 Å². The monoisotopic (exact) mass is 380 g/mol. The lowest BCUT2D eigenvalue weighted by Crippen LogP contribution is -2.33. The molecule has 1 aliphatic heterocycles. The number of furan rings is 1. The summed E-state index contributed by atoms with van der Waals surface area (Å²) in [5.41, 5.74) is 0.849. The second kappa shape index (κ2) is 9.19. The largest absolute Gasteiger partial charge is 0.493 e. The van der Waals surface area contributed by atoms with Gasteiger partial charge in [0.1, 0.15) is 11.5 Å². The first-order valence-corrected chi connectivity index (χ1v) is 9.19. The number of hydrogen-bond acceptors (Lipinski definition) is 5. The zero-order chi connectivity index (χ0) is 19.2. The first-order valence-electron chi connectivity index (χ1n) is 9.19. The van der Waals surface area contributed by atoms with Gasteiger partial charge in [-0.05, 0) is 62.7 Å². The number of methoxy groups -OCH3 is 1. The molecule has 5 nitrogen and oxygen atoms in total. The maximum Gasteiger partial charge on any atom is 0.387 e. The molecule has 148 valence electrons. The van der Waals surface area contributed by atoms with Crippen molar-refractivity contribution in [1.82, 2.24) is 10.2 Å². The van der Waals surface area contributed by atoms with Gasteiger partial charge in [0, 0.05) is 13.1 Å². The van der Waals surface area contributed by atoms with Crippen LogP contribution in [0.1, 0.15) is 36.0 Å². The van der Waals surface area contributed by atoms with Crippen LogP contribution in [0.4, 0.5) is 8.78 Å². The molecule has 2 aromatic rings. The normalized spacial score (nSPS) is 16.0. The fourth-order valence-electron chi connectivity index (χ4n) is 3.47. The zero-order valence-corrected chi connectivity index (χ0v) is 15.7. The van der Waals surface area contributed by atoms with Crippen molar-refractivity contribution in [1.29, 1.82) is 0 Å².